The van der Waals surface area contributed by atoms with Gasteiger partial charge in [-0.25, -0.2) is 9.59 Å². The Bertz CT molecular complexity index is 1050. The summed E-state index contributed by atoms with van der Waals surface area (Å²) in [6, 6.07) is 15.3. The number of nitrogens with zero attached hydrogens (tertiary/aromatic N) is 2. The Morgan fingerprint density at radius 1 is 1.00 bits per heavy atom. The number of benzene rings is 2. The third-order valence-corrected chi connectivity index (χ3v) is 5.57. The van der Waals surface area contributed by atoms with Gasteiger partial charge in [0.05, 0.1) is 17.6 Å². The van der Waals surface area contributed by atoms with Gasteiger partial charge in [0.2, 0.25) is 0 Å². The Kier molecular flexibility index (Phi) is 12.2. The summed E-state index contributed by atoms with van der Waals surface area (Å²) in [7, 11) is 0. The van der Waals surface area contributed by atoms with Crippen LogP contribution in [-0.2, 0) is 27.2 Å². The zero-order chi connectivity index (χ0) is 29.0. The number of rotatable bonds is 13. The number of non-ortho nitro benzene ring substituents is 1. The van der Waals surface area contributed by atoms with E-state index in [2.05, 4.69) is 24.1 Å². The molecule has 0 fully saturated rings. The van der Waals surface area contributed by atoms with Crippen LogP contribution in [0.3, 0.4) is 0 Å². The molecule has 1 amide bonds. The number of ether oxygens (including phenoxy) is 3. The van der Waals surface area contributed by atoms with E-state index in [0.29, 0.717) is 19.5 Å². The van der Waals surface area contributed by atoms with Crippen LogP contribution >= 0.6 is 0 Å². The molecular formula is C29H41N3O7. The van der Waals surface area contributed by atoms with Crippen LogP contribution < -0.4 is 5.32 Å². The summed E-state index contributed by atoms with van der Waals surface area (Å²) in [4.78, 5) is 38.1. The van der Waals surface area contributed by atoms with E-state index in [9.17, 15) is 19.7 Å². The first-order chi connectivity index (χ1) is 18.4. The van der Waals surface area contributed by atoms with Gasteiger partial charge in [-0.2, -0.15) is 0 Å². The minimum absolute atomic E-state index is 0.0159. The second kappa shape index (κ2) is 15.1. The lowest BCUT2D eigenvalue weighted by atomic mass is 10.00. The summed E-state index contributed by atoms with van der Waals surface area (Å²) in [5.74, 6) is 0.276. The largest absolute Gasteiger partial charge is 0.508 e. The van der Waals surface area contributed by atoms with Crippen LogP contribution in [0, 0.1) is 16.0 Å². The Labute approximate surface area is 230 Å². The molecule has 0 aliphatic rings. The van der Waals surface area contributed by atoms with Crippen LogP contribution in [0.5, 0.6) is 0 Å². The first-order valence-corrected chi connectivity index (χ1v) is 13.2. The van der Waals surface area contributed by atoms with E-state index in [-0.39, 0.29) is 24.8 Å². The number of nitro benzene ring substituents is 1. The van der Waals surface area contributed by atoms with Gasteiger partial charge in [-0.3, -0.25) is 15.0 Å². The van der Waals surface area contributed by atoms with E-state index in [4.69, 9.17) is 14.2 Å². The minimum atomic E-state index is -0.827. The number of hydrogen-bond acceptors (Lipinski definition) is 8. The molecule has 0 radical (unpaired) electrons. The molecule has 2 rings (SSSR count). The zero-order valence-corrected chi connectivity index (χ0v) is 23.7. The molecule has 0 aromatic heterocycles. The van der Waals surface area contributed by atoms with Gasteiger partial charge in [0, 0.05) is 31.8 Å². The highest BCUT2D eigenvalue weighted by Gasteiger charge is 2.31. The van der Waals surface area contributed by atoms with Gasteiger partial charge in [0.15, 0.2) is 0 Å². The van der Waals surface area contributed by atoms with Crippen molar-refractivity contribution in [2.24, 2.45) is 5.92 Å². The van der Waals surface area contributed by atoms with Crippen LogP contribution in [0.4, 0.5) is 15.3 Å². The van der Waals surface area contributed by atoms with Crippen molar-refractivity contribution in [1.29, 1.82) is 0 Å². The van der Waals surface area contributed by atoms with Crippen molar-refractivity contribution < 1.29 is 28.7 Å². The van der Waals surface area contributed by atoms with Crippen LogP contribution in [0.15, 0.2) is 54.6 Å². The number of nitro groups is 1. The number of alkyl carbamates (subject to hydrolysis) is 1. The van der Waals surface area contributed by atoms with Crippen LogP contribution in [0.2, 0.25) is 0 Å². The highest BCUT2D eigenvalue weighted by atomic mass is 16.7. The van der Waals surface area contributed by atoms with E-state index in [1.807, 2.05) is 30.3 Å². The number of carbonyl (C=O) groups is 2. The molecular weight excluding hydrogens is 502 g/mol. The van der Waals surface area contributed by atoms with E-state index in [1.165, 1.54) is 12.1 Å². The van der Waals surface area contributed by atoms with Crippen LogP contribution in [0.25, 0.3) is 0 Å². The van der Waals surface area contributed by atoms with Crippen molar-refractivity contribution in [2.75, 3.05) is 19.7 Å². The average Bonchev–Trinajstić information content (AvgIpc) is 2.83. The zero-order valence-electron chi connectivity index (χ0n) is 23.7. The third-order valence-electron chi connectivity index (χ3n) is 5.57. The second-order valence-corrected chi connectivity index (χ2v) is 10.8. The monoisotopic (exact) mass is 543 g/mol. The summed E-state index contributed by atoms with van der Waals surface area (Å²) in [6.45, 7) is 12.7. The molecule has 214 valence electrons. The Morgan fingerprint density at radius 2 is 1.64 bits per heavy atom. The van der Waals surface area contributed by atoms with Crippen molar-refractivity contribution in [3.05, 3.63) is 75.8 Å². The van der Waals surface area contributed by atoms with E-state index < -0.39 is 34.9 Å². The standard InChI is InChI=1S/C29H41N3O7/c1-7-37-28(34)38-26(20-31(18-21(2)3)19-23-13-15-24(16-14-23)32(35)36)25(17-22-11-9-8-10-12-22)30-27(33)39-29(4,5)6/h8-16,21,25-26H,7,17-20H2,1-6H3,(H,30,33)/t25?,26-/m1/s1. The predicted molar refractivity (Wildman–Crippen MR) is 148 cm³/mol. The van der Waals surface area contributed by atoms with Crippen LogP contribution in [-0.4, -0.2) is 59.5 Å². The van der Waals surface area contributed by atoms with E-state index >= 15 is 0 Å². The van der Waals surface area contributed by atoms with Gasteiger partial charge in [-0.1, -0.05) is 56.3 Å². The van der Waals surface area contributed by atoms with Crippen molar-refractivity contribution in [2.45, 2.75) is 72.3 Å². The number of carbonyl (C=O) groups excluding carboxylic acids is 2. The molecule has 1 N–H and O–H groups in total. The topological polar surface area (TPSA) is 120 Å². The quantitative estimate of drug-likeness (QED) is 0.193. The summed E-state index contributed by atoms with van der Waals surface area (Å²) in [5.41, 5.74) is 1.12. The van der Waals surface area contributed by atoms with Crippen molar-refractivity contribution >= 4 is 17.9 Å². The fraction of sp³-hybridized carbons (Fsp3) is 0.517. The van der Waals surface area contributed by atoms with Crippen molar-refractivity contribution in [3.63, 3.8) is 0 Å². The summed E-state index contributed by atoms with van der Waals surface area (Å²) >= 11 is 0. The minimum Gasteiger partial charge on any atom is -0.444 e. The highest BCUT2D eigenvalue weighted by Crippen LogP contribution is 2.18. The van der Waals surface area contributed by atoms with Gasteiger partial charge in [-0.05, 0) is 51.2 Å². The maximum absolute atomic E-state index is 12.8. The van der Waals surface area contributed by atoms with E-state index in [1.54, 1.807) is 39.8 Å². The molecule has 2 aromatic rings. The molecule has 0 heterocycles. The first kappa shape index (κ1) is 31.6. The smallest absolute Gasteiger partial charge is 0.444 e. The Hall–Kier alpha value is -3.66. The molecule has 0 saturated heterocycles. The molecule has 1 unspecified atom stereocenters. The molecule has 2 aromatic carbocycles. The lowest BCUT2D eigenvalue weighted by Crippen LogP contribution is -2.52. The van der Waals surface area contributed by atoms with Gasteiger partial charge in [-0.15, -0.1) is 0 Å². The summed E-state index contributed by atoms with van der Waals surface area (Å²) < 4.78 is 16.4. The maximum Gasteiger partial charge on any atom is 0.508 e. The lowest BCUT2D eigenvalue weighted by Gasteiger charge is -2.33. The van der Waals surface area contributed by atoms with Gasteiger partial charge in [0.25, 0.3) is 5.69 Å². The molecule has 2 atom stereocenters. The molecule has 0 aliphatic carbocycles. The molecule has 10 nitrogen and oxygen atoms in total. The molecule has 0 aliphatic heterocycles. The highest BCUT2D eigenvalue weighted by molar-refractivity contribution is 5.68. The van der Waals surface area contributed by atoms with Gasteiger partial charge >= 0.3 is 12.2 Å². The molecule has 10 heteroatoms. The number of hydrogen-bond donors (Lipinski definition) is 1. The van der Waals surface area contributed by atoms with Crippen molar-refractivity contribution in [1.82, 2.24) is 10.2 Å². The number of amides is 1. The lowest BCUT2D eigenvalue weighted by molar-refractivity contribution is -0.384. The Balaban J connectivity index is 2.38. The number of nitrogens with one attached hydrogen (secondary N) is 1. The molecule has 0 saturated carbocycles. The molecule has 0 spiro atoms. The Morgan fingerprint density at radius 3 is 2.18 bits per heavy atom. The second-order valence-electron chi connectivity index (χ2n) is 10.8. The fourth-order valence-electron chi connectivity index (χ4n) is 4.08. The normalized spacial score (nSPS) is 13.0. The van der Waals surface area contributed by atoms with Gasteiger partial charge in [0.1, 0.15) is 11.7 Å². The fourth-order valence-corrected chi connectivity index (χ4v) is 4.08. The molecule has 39 heavy (non-hydrogen) atoms. The maximum atomic E-state index is 12.8. The predicted octanol–water partition coefficient (Wildman–Crippen LogP) is 5.73. The third kappa shape index (κ3) is 12.2. The van der Waals surface area contributed by atoms with Crippen LogP contribution in [0.1, 0.15) is 52.7 Å². The summed E-state index contributed by atoms with van der Waals surface area (Å²) in [6.07, 6.45) is -1.84. The molecule has 0 bridgehead atoms. The van der Waals surface area contributed by atoms with Crippen molar-refractivity contribution in [3.8, 4) is 0 Å². The first-order valence-electron chi connectivity index (χ1n) is 13.2. The van der Waals surface area contributed by atoms with Gasteiger partial charge < -0.3 is 19.5 Å². The van der Waals surface area contributed by atoms with E-state index in [0.717, 1.165) is 11.1 Å². The SMILES string of the molecule is CCOC(=O)O[C@H](CN(Cc1ccc([N+](=O)[O-])cc1)CC(C)C)C(Cc1ccccc1)NC(=O)OC(C)(C)C. The summed E-state index contributed by atoms with van der Waals surface area (Å²) in [5, 5.41) is 14.0. The average molecular weight is 544 g/mol.